The summed E-state index contributed by atoms with van der Waals surface area (Å²) in [7, 11) is 0. The number of benzene rings is 2. The second-order valence-electron chi connectivity index (χ2n) is 5.51. The molecule has 23 heavy (non-hydrogen) atoms. The van der Waals surface area contributed by atoms with Crippen LogP contribution in [0, 0.1) is 13.8 Å². The van der Waals surface area contributed by atoms with Gasteiger partial charge in [0.25, 0.3) is 5.91 Å². The normalized spacial score (nSPS) is 11.6. The quantitative estimate of drug-likeness (QED) is 0.890. The minimum Gasteiger partial charge on any atom is -0.481 e. The molecule has 5 nitrogen and oxygen atoms in total. The maximum absolute atomic E-state index is 12.2. The second-order valence-corrected chi connectivity index (χ2v) is 5.51. The number of amides is 2. The van der Waals surface area contributed by atoms with E-state index in [9.17, 15) is 9.59 Å². The summed E-state index contributed by atoms with van der Waals surface area (Å²) in [5, 5.41) is 2.74. The first-order valence-corrected chi connectivity index (χ1v) is 7.31. The van der Waals surface area contributed by atoms with Crippen molar-refractivity contribution in [2.45, 2.75) is 26.9 Å². The van der Waals surface area contributed by atoms with Gasteiger partial charge in [-0.05, 0) is 68.3 Å². The summed E-state index contributed by atoms with van der Waals surface area (Å²) >= 11 is 0. The molecule has 0 saturated carbocycles. The number of ether oxygens (including phenoxy) is 1. The molecule has 0 saturated heterocycles. The zero-order valence-electron chi connectivity index (χ0n) is 13.4. The predicted octanol–water partition coefficient (Wildman–Crippen LogP) is 2.81. The fourth-order valence-corrected chi connectivity index (χ4v) is 2.22. The standard InChI is InChI=1S/C18H20N2O3/c1-11-8-12(2)10-16(9-11)23-13(3)18(22)20-15-6-4-14(5-7-15)17(19)21/h4-10,13H,1-3H3,(H2,19,21)(H,20,22)/t13-/m1/s1. The van der Waals surface area contributed by atoms with Gasteiger partial charge >= 0.3 is 0 Å². The van der Waals surface area contributed by atoms with Gasteiger partial charge < -0.3 is 15.8 Å². The van der Waals surface area contributed by atoms with Gasteiger partial charge in [0.05, 0.1) is 0 Å². The van der Waals surface area contributed by atoms with Crippen LogP contribution in [-0.2, 0) is 4.79 Å². The molecule has 0 aliphatic heterocycles. The molecule has 2 amide bonds. The number of nitrogens with two attached hydrogens (primary N) is 1. The average molecular weight is 312 g/mol. The van der Waals surface area contributed by atoms with Crippen LogP contribution in [0.15, 0.2) is 42.5 Å². The number of hydrogen-bond acceptors (Lipinski definition) is 3. The summed E-state index contributed by atoms with van der Waals surface area (Å²) in [4.78, 5) is 23.2. The van der Waals surface area contributed by atoms with Crippen molar-refractivity contribution in [3.05, 3.63) is 59.2 Å². The summed E-state index contributed by atoms with van der Waals surface area (Å²) in [5.41, 5.74) is 8.30. The zero-order valence-corrected chi connectivity index (χ0v) is 13.4. The zero-order chi connectivity index (χ0) is 17.0. The minimum absolute atomic E-state index is 0.268. The van der Waals surface area contributed by atoms with Crippen molar-refractivity contribution in [1.82, 2.24) is 0 Å². The summed E-state index contributed by atoms with van der Waals surface area (Å²) in [6, 6.07) is 12.2. The highest BCUT2D eigenvalue weighted by atomic mass is 16.5. The smallest absolute Gasteiger partial charge is 0.265 e. The summed E-state index contributed by atoms with van der Waals surface area (Å²) in [6.07, 6.45) is -0.646. The molecule has 0 radical (unpaired) electrons. The van der Waals surface area contributed by atoms with E-state index in [0.29, 0.717) is 17.0 Å². The van der Waals surface area contributed by atoms with Gasteiger partial charge in [-0.3, -0.25) is 9.59 Å². The van der Waals surface area contributed by atoms with Crippen molar-refractivity contribution in [1.29, 1.82) is 0 Å². The van der Waals surface area contributed by atoms with Crippen LogP contribution in [-0.4, -0.2) is 17.9 Å². The lowest BCUT2D eigenvalue weighted by molar-refractivity contribution is -0.122. The van der Waals surface area contributed by atoms with Gasteiger partial charge in [-0.15, -0.1) is 0 Å². The highest BCUT2D eigenvalue weighted by Crippen LogP contribution is 2.18. The molecule has 3 N–H and O–H groups in total. The van der Waals surface area contributed by atoms with Crippen LogP contribution in [0.25, 0.3) is 0 Å². The first kappa shape index (κ1) is 16.5. The van der Waals surface area contributed by atoms with Crippen molar-refractivity contribution in [3.8, 4) is 5.75 Å². The Morgan fingerprint density at radius 1 is 1.04 bits per heavy atom. The molecule has 2 aromatic rings. The van der Waals surface area contributed by atoms with Crippen LogP contribution in [0.2, 0.25) is 0 Å². The average Bonchev–Trinajstić information content (AvgIpc) is 2.46. The molecule has 0 bridgehead atoms. The molecule has 2 rings (SSSR count). The van der Waals surface area contributed by atoms with Gasteiger partial charge in [0.1, 0.15) is 5.75 Å². The van der Waals surface area contributed by atoms with E-state index in [-0.39, 0.29) is 5.91 Å². The molecular weight excluding hydrogens is 292 g/mol. The van der Waals surface area contributed by atoms with Gasteiger partial charge in [0.15, 0.2) is 6.10 Å². The number of anilines is 1. The third kappa shape index (κ3) is 4.57. The largest absolute Gasteiger partial charge is 0.481 e. The van der Waals surface area contributed by atoms with Crippen LogP contribution in [0.1, 0.15) is 28.4 Å². The number of hydrogen-bond donors (Lipinski definition) is 2. The van der Waals surface area contributed by atoms with E-state index in [1.165, 1.54) is 0 Å². The fraction of sp³-hybridized carbons (Fsp3) is 0.222. The van der Waals surface area contributed by atoms with Crippen LogP contribution in [0.5, 0.6) is 5.75 Å². The number of primary amides is 1. The molecule has 0 aromatic heterocycles. The molecule has 0 aliphatic rings. The summed E-state index contributed by atoms with van der Waals surface area (Å²) in [5.74, 6) is -0.111. The second kappa shape index (κ2) is 6.96. The molecule has 0 fully saturated rings. The van der Waals surface area contributed by atoms with E-state index in [1.807, 2.05) is 32.0 Å². The first-order valence-electron chi connectivity index (χ1n) is 7.31. The van der Waals surface area contributed by atoms with Crippen molar-refractivity contribution >= 4 is 17.5 Å². The van der Waals surface area contributed by atoms with Crippen LogP contribution < -0.4 is 15.8 Å². The van der Waals surface area contributed by atoms with Gasteiger partial charge in [0, 0.05) is 11.3 Å². The van der Waals surface area contributed by atoms with Crippen LogP contribution in [0.4, 0.5) is 5.69 Å². The van der Waals surface area contributed by atoms with Crippen molar-refractivity contribution in [3.63, 3.8) is 0 Å². The number of nitrogens with one attached hydrogen (secondary N) is 1. The lowest BCUT2D eigenvalue weighted by Crippen LogP contribution is -2.30. The highest BCUT2D eigenvalue weighted by molar-refractivity contribution is 5.96. The lowest BCUT2D eigenvalue weighted by atomic mass is 10.1. The van der Waals surface area contributed by atoms with Gasteiger partial charge in [-0.25, -0.2) is 0 Å². The third-order valence-electron chi connectivity index (χ3n) is 3.31. The van der Waals surface area contributed by atoms with E-state index < -0.39 is 12.0 Å². The topological polar surface area (TPSA) is 81.4 Å². The third-order valence-corrected chi connectivity index (χ3v) is 3.31. The van der Waals surface area contributed by atoms with E-state index >= 15 is 0 Å². The Morgan fingerprint density at radius 3 is 2.13 bits per heavy atom. The Balaban J connectivity index is 2.00. The lowest BCUT2D eigenvalue weighted by Gasteiger charge is -2.15. The Hall–Kier alpha value is -2.82. The van der Waals surface area contributed by atoms with Gasteiger partial charge in [-0.1, -0.05) is 6.07 Å². The Bertz CT molecular complexity index is 703. The summed E-state index contributed by atoms with van der Waals surface area (Å²) < 4.78 is 5.69. The Kier molecular flexibility index (Phi) is 5.01. The Labute approximate surface area is 135 Å². The van der Waals surface area contributed by atoms with E-state index in [0.717, 1.165) is 11.1 Å². The number of carbonyl (C=O) groups excluding carboxylic acids is 2. The molecule has 0 unspecified atom stereocenters. The molecule has 1 atom stereocenters. The molecular formula is C18H20N2O3. The highest BCUT2D eigenvalue weighted by Gasteiger charge is 2.15. The number of aryl methyl sites for hydroxylation is 2. The number of carbonyl (C=O) groups is 2. The number of rotatable bonds is 5. The predicted molar refractivity (Wildman–Crippen MR) is 89.6 cm³/mol. The Morgan fingerprint density at radius 2 is 1.61 bits per heavy atom. The summed E-state index contributed by atoms with van der Waals surface area (Å²) in [6.45, 7) is 5.64. The SMILES string of the molecule is Cc1cc(C)cc(O[C@H](C)C(=O)Nc2ccc(C(N)=O)cc2)c1. The van der Waals surface area contributed by atoms with Crippen molar-refractivity contribution in [2.75, 3.05) is 5.32 Å². The van der Waals surface area contributed by atoms with Crippen molar-refractivity contribution < 1.29 is 14.3 Å². The van der Waals surface area contributed by atoms with E-state index in [4.69, 9.17) is 10.5 Å². The molecule has 120 valence electrons. The minimum atomic E-state index is -0.646. The van der Waals surface area contributed by atoms with Crippen LogP contribution in [0.3, 0.4) is 0 Å². The fourth-order valence-electron chi connectivity index (χ4n) is 2.22. The van der Waals surface area contributed by atoms with Gasteiger partial charge in [-0.2, -0.15) is 0 Å². The van der Waals surface area contributed by atoms with Crippen LogP contribution >= 0.6 is 0 Å². The van der Waals surface area contributed by atoms with E-state index in [1.54, 1.807) is 31.2 Å². The molecule has 2 aromatic carbocycles. The molecule has 0 heterocycles. The molecule has 5 heteroatoms. The molecule has 0 aliphatic carbocycles. The van der Waals surface area contributed by atoms with E-state index in [2.05, 4.69) is 5.32 Å². The van der Waals surface area contributed by atoms with Crippen molar-refractivity contribution in [2.24, 2.45) is 5.73 Å². The monoisotopic (exact) mass is 312 g/mol. The molecule has 0 spiro atoms. The maximum atomic E-state index is 12.2. The first-order chi connectivity index (χ1) is 10.8. The van der Waals surface area contributed by atoms with Gasteiger partial charge in [0.2, 0.25) is 5.91 Å². The maximum Gasteiger partial charge on any atom is 0.265 e.